The quantitative estimate of drug-likeness (QED) is 0.747. The molecule has 0 bridgehead atoms. The number of rotatable bonds is 5. The van der Waals surface area contributed by atoms with E-state index in [1.54, 1.807) is 24.3 Å². The molecule has 1 saturated heterocycles. The summed E-state index contributed by atoms with van der Waals surface area (Å²) in [5, 5.41) is 3.12. The van der Waals surface area contributed by atoms with E-state index in [0.717, 1.165) is 42.7 Å². The molecular formula is C24H28N2O5S. The number of amides is 1. The first kappa shape index (κ1) is 21.1. The molecule has 1 N–H and O–H groups in total. The van der Waals surface area contributed by atoms with Crippen molar-refractivity contribution in [3.8, 4) is 11.5 Å². The Balaban J connectivity index is 1.34. The van der Waals surface area contributed by atoms with Gasteiger partial charge in [0.05, 0.1) is 11.4 Å². The van der Waals surface area contributed by atoms with Crippen LogP contribution in [0.3, 0.4) is 0 Å². The standard InChI is InChI=1S/C24H28N2O5S/c27-23(18-5-3-6-20(15-18)26-11-4-14-32(26,28)29)25-17-24(9-1-2-10-24)19-7-8-21-22(16-19)31-13-12-30-21/h3,5-8,15-16H,1-2,4,9-14,17H2,(H,25,27). The predicted molar refractivity (Wildman–Crippen MR) is 122 cm³/mol. The number of nitrogens with one attached hydrogen (secondary N) is 1. The second-order valence-corrected chi connectivity index (χ2v) is 10.8. The highest BCUT2D eigenvalue weighted by atomic mass is 32.2. The number of benzene rings is 2. The van der Waals surface area contributed by atoms with Gasteiger partial charge in [0, 0.05) is 24.1 Å². The van der Waals surface area contributed by atoms with Gasteiger partial charge < -0.3 is 14.8 Å². The second kappa shape index (κ2) is 8.31. The van der Waals surface area contributed by atoms with Gasteiger partial charge in [-0.3, -0.25) is 9.10 Å². The summed E-state index contributed by atoms with van der Waals surface area (Å²) in [7, 11) is -3.28. The molecule has 0 radical (unpaired) electrons. The lowest BCUT2D eigenvalue weighted by Gasteiger charge is -2.31. The average Bonchev–Trinajstić information content (AvgIpc) is 3.44. The zero-order valence-electron chi connectivity index (χ0n) is 18.0. The normalized spacial score (nSPS) is 20.8. The van der Waals surface area contributed by atoms with Crippen molar-refractivity contribution in [2.75, 3.05) is 36.4 Å². The lowest BCUT2D eigenvalue weighted by Crippen LogP contribution is -2.39. The van der Waals surface area contributed by atoms with Crippen molar-refractivity contribution in [1.29, 1.82) is 0 Å². The van der Waals surface area contributed by atoms with Gasteiger partial charge in [-0.05, 0) is 55.2 Å². The van der Waals surface area contributed by atoms with Crippen LogP contribution in [0, 0.1) is 0 Å². The number of fused-ring (bicyclic) bond motifs is 1. The molecule has 0 spiro atoms. The first-order valence-corrected chi connectivity index (χ1v) is 12.9. The molecule has 3 aliphatic rings. The maximum Gasteiger partial charge on any atom is 0.251 e. The minimum Gasteiger partial charge on any atom is -0.486 e. The highest BCUT2D eigenvalue weighted by Gasteiger charge is 2.37. The zero-order valence-corrected chi connectivity index (χ0v) is 18.8. The van der Waals surface area contributed by atoms with Gasteiger partial charge >= 0.3 is 0 Å². The number of hydrogen-bond donors (Lipinski definition) is 1. The minimum absolute atomic E-state index is 0.138. The van der Waals surface area contributed by atoms with E-state index in [4.69, 9.17) is 9.47 Å². The Morgan fingerprint density at radius 2 is 1.78 bits per heavy atom. The fraction of sp³-hybridized carbons (Fsp3) is 0.458. The maximum absolute atomic E-state index is 13.0. The Labute approximate surface area is 188 Å². The lowest BCUT2D eigenvalue weighted by molar-refractivity contribution is 0.0943. The Morgan fingerprint density at radius 1 is 1.00 bits per heavy atom. The Morgan fingerprint density at radius 3 is 2.53 bits per heavy atom. The number of nitrogens with zero attached hydrogens (tertiary/aromatic N) is 1. The number of anilines is 1. The summed E-state index contributed by atoms with van der Waals surface area (Å²) in [6, 6.07) is 13.0. The van der Waals surface area contributed by atoms with E-state index in [1.807, 2.05) is 6.07 Å². The molecule has 2 aromatic carbocycles. The van der Waals surface area contributed by atoms with Crippen molar-refractivity contribution in [1.82, 2.24) is 5.32 Å². The molecule has 2 aliphatic heterocycles. The van der Waals surface area contributed by atoms with Gasteiger partial charge in [0.15, 0.2) is 11.5 Å². The summed E-state index contributed by atoms with van der Waals surface area (Å²) in [4.78, 5) is 13.0. The third-order valence-electron chi connectivity index (χ3n) is 6.80. The number of hydrogen-bond acceptors (Lipinski definition) is 5. The lowest BCUT2D eigenvalue weighted by atomic mass is 9.78. The highest BCUT2D eigenvalue weighted by Crippen LogP contribution is 2.44. The minimum atomic E-state index is -3.28. The van der Waals surface area contributed by atoms with Crippen molar-refractivity contribution < 1.29 is 22.7 Å². The molecule has 2 heterocycles. The van der Waals surface area contributed by atoms with Gasteiger partial charge in [-0.1, -0.05) is 25.0 Å². The van der Waals surface area contributed by atoms with Crippen LogP contribution >= 0.6 is 0 Å². The molecule has 0 unspecified atom stereocenters. The van der Waals surface area contributed by atoms with Gasteiger partial charge in [0.1, 0.15) is 13.2 Å². The summed E-state index contributed by atoms with van der Waals surface area (Å²) >= 11 is 0. The molecule has 2 aromatic rings. The third kappa shape index (κ3) is 3.92. The molecule has 170 valence electrons. The van der Waals surface area contributed by atoms with Crippen LogP contribution in [0.1, 0.15) is 48.0 Å². The topological polar surface area (TPSA) is 84.9 Å². The molecule has 0 aromatic heterocycles. The SMILES string of the molecule is O=C(NCC1(c2ccc3c(c2)OCCO3)CCCC1)c1cccc(N2CCCS2(=O)=O)c1. The van der Waals surface area contributed by atoms with Crippen LogP contribution in [0.4, 0.5) is 5.69 Å². The van der Waals surface area contributed by atoms with E-state index in [-0.39, 0.29) is 17.1 Å². The third-order valence-corrected chi connectivity index (χ3v) is 8.67. The molecule has 1 saturated carbocycles. The van der Waals surface area contributed by atoms with Crippen LogP contribution in [0.5, 0.6) is 11.5 Å². The monoisotopic (exact) mass is 456 g/mol. The molecule has 1 aliphatic carbocycles. The summed E-state index contributed by atoms with van der Waals surface area (Å²) in [6.07, 6.45) is 4.84. The van der Waals surface area contributed by atoms with Crippen LogP contribution in [0.25, 0.3) is 0 Å². The fourth-order valence-corrected chi connectivity index (χ4v) is 6.63. The number of carbonyl (C=O) groups excluding carboxylic acids is 1. The van der Waals surface area contributed by atoms with Crippen LogP contribution in [-0.2, 0) is 15.4 Å². The molecular weight excluding hydrogens is 428 g/mol. The Hall–Kier alpha value is -2.74. The number of sulfonamides is 1. The molecule has 0 atom stereocenters. The molecule has 8 heteroatoms. The van der Waals surface area contributed by atoms with Crippen molar-refractivity contribution in [2.45, 2.75) is 37.5 Å². The van der Waals surface area contributed by atoms with Crippen LogP contribution in [-0.4, -0.2) is 46.4 Å². The first-order valence-electron chi connectivity index (χ1n) is 11.3. The van der Waals surface area contributed by atoms with Gasteiger partial charge in [0.2, 0.25) is 10.0 Å². The number of ether oxygens (including phenoxy) is 2. The first-order chi connectivity index (χ1) is 15.5. The van der Waals surface area contributed by atoms with E-state index >= 15 is 0 Å². The largest absolute Gasteiger partial charge is 0.486 e. The van der Waals surface area contributed by atoms with Crippen molar-refractivity contribution in [2.24, 2.45) is 0 Å². The summed E-state index contributed by atoms with van der Waals surface area (Å²) < 4.78 is 37.3. The van der Waals surface area contributed by atoms with Crippen LogP contribution < -0.4 is 19.1 Å². The predicted octanol–water partition coefficient (Wildman–Crippen LogP) is 3.24. The second-order valence-electron chi connectivity index (χ2n) is 8.82. The number of carbonyl (C=O) groups is 1. The van der Waals surface area contributed by atoms with Crippen molar-refractivity contribution in [3.05, 3.63) is 53.6 Å². The van der Waals surface area contributed by atoms with Gasteiger partial charge in [-0.15, -0.1) is 0 Å². The highest BCUT2D eigenvalue weighted by molar-refractivity contribution is 7.93. The van der Waals surface area contributed by atoms with Gasteiger partial charge in [0.25, 0.3) is 5.91 Å². The zero-order chi connectivity index (χ0) is 22.2. The average molecular weight is 457 g/mol. The van der Waals surface area contributed by atoms with Crippen LogP contribution in [0.15, 0.2) is 42.5 Å². The van der Waals surface area contributed by atoms with E-state index in [0.29, 0.717) is 44.0 Å². The fourth-order valence-electron chi connectivity index (χ4n) is 5.08. The summed E-state index contributed by atoms with van der Waals surface area (Å²) in [5.41, 5.74) is 2.05. The smallest absolute Gasteiger partial charge is 0.251 e. The van der Waals surface area contributed by atoms with E-state index in [9.17, 15) is 13.2 Å². The van der Waals surface area contributed by atoms with E-state index in [1.165, 1.54) is 4.31 Å². The molecule has 7 nitrogen and oxygen atoms in total. The molecule has 2 fully saturated rings. The summed E-state index contributed by atoms with van der Waals surface area (Å²) in [5.74, 6) is 1.51. The molecule has 5 rings (SSSR count). The Kier molecular flexibility index (Phi) is 5.49. The summed E-state index contributed by atoms with van der Waals surface area (Å²) in [6.45, 7) is 2.09. The van der Waals surface area contributed by atoms with Crippen molar-refractivity contribution in [3.63, 3.8) is 0 Å². The van der Waals surface area contributed by atoms with Gasteiger partial charge in [-0.25, -0.2) is 8.42 Å². The Bertz CT molecular complexity index is 1120. The van der Waals surface area contributed by atoms with Crippen molar-refractivity contribution >= 4 is 21.6 Å². The van der Waals surface area contributed by atoms with E-state index in [2.05, 4.69) is 17.4 Å². The maximum atomic E-state index is 13.0. The van der Waals surface area contributed by atoms with Crippen LogP contribution in [0.2, 0.25) is 0 Å². The molecule has 32 heavy (non-hydrogen) atoms. The van der Waals surface area contributed by atoms with E-state index < -0.39 is 10.0 Å². The van der Waals surface area contributed by atoms with Gasteiger partial charge in [-0.2, -0.15) is 0 Å². The molecule has 1 amide bonds.